The number of rotatable bonds is 7. The van der Waals surface area contributed by atoms with Crippen molar-refractivity contribution in [2.24, 2.45) is 11.1 Å². The minimum Gasteiger partial charge on any atom is -0.369 e. The van der Waals surface area contributed by atoms with E-state index in [-0.39, 0.29) is 18.5 Å². The van der Waals surface area contributed by atoms with Crippen LogP contribution in [0.3, 0.4) is 0 Å². The third-order valence-corrected chi connectivity index (χ3v) is 7.21. The molecule has 3 aromatic rings. The zero-order valence-electron chi connectivity index (χ0n) is 19.3. The van der Waals surface area contributed by atoms with Crippen LogP contribution in [0.2, 0.25) is 0 Å². The Morgan fingerprint density at radius 1 is 1.06 bits per heavy atom. The smallest absolute Gasteiger partial charge is 0.225 e. The molecule has 1 aromatic carbocycles. The van der Waals surface area contributed by atoms with Crippen LogP contribution in [0.5, 0.6) is 0 Å². The van der Waals surface area contributed by atoms with Gasteiger partial charge in [-0.1, -0.05) is 32.1 Å². The zero-order chi connectivity index (χ0) is 24.6. The van der Waals surface area contributed by atoms with E-state index in [1.165, 1.54) is 6.20 Å². The van der Waals surface area contributed by atoms with Gasteiger partial charge in [-0.15, -0.1) is 0 Å². The highest BCUT2D eigenvalue weighted by Crippen LogP contribution is 2.39. The summed E-state index contributed by atoms with van der Waals surface area (Å²) in [4.78, 5) is 26.1. The van der Waals surface area contributed by atoms with E-state index < -0.39 is 34.5 Å². The number of benzene rings is 1. The fraction of sp³-hybridized carbons (Fsp3) is 0.500. The molecule has 186 valence electrons. The van der Waals surface area contributed by atoms with E-state index in [2.05, 4.69) is 25.6 Å². The summed E-state index contributed by atoms with van der Waals surface area (Å²) in [5.74, 6) is -3.16. The third-order valence-electron chi connectivity index (χ3n) is 7.21. The highest BCUT2D eigenvalue weighted by atomic mass is 19.1. The zero-order valence-corrected chi connectivity index (χ0v) is 19.3. The molecule has 5 rings (SSSR count). The molecule has 8 nitrogen and oxygen atoms in total. The predicted octanol–water partition coefficient (Wildman–Crippen LogP) is 4.78. The average molecular weight is 488 g/mol. The number of hydrogen-bond acceptors (Lipinski definition) is 6. The Labute approximate surface area is 200 Å². The topological polar surface area (TPSA) is 111 Å². The lowest BCUT2D eigenvalue weighted by Gasteiger charge is -2.35. The Morgan fingerprint density at radius 2 is 1.74 bits per heavy atom. The van der Waals surface area contributed by atoms with Crippen LogP contribution in [0.1, 0.15) is 57.8 Å². The minimum absolute atomic E-state index is 0.0722. The van der Waals surface area contributed by atoms with Crippen LogP contribution in [-0.4, -0.2) is 31.5 Å². The maximum atomic E-state index is 14.4. The summed E-state index contributed by atoms with van der Waals surface area (Å²) in [6, 6.07) is 1.46. The van der Waals surface area contributed by atoms with Gasteiger partial charge in [0, 0.05) is 24.7 Å². The second-order valence-corrected chi connectivity index (χ2v) is 9.62. The molecule has 4 N–H and O–H groups in total. The van der Waals surface area contributed by atoms with E-state index in [0.717, 1.165) is 44.9 Å². The van der Waals surface area contributed by atoms with Gasteiger partial charge in [-0.25, -0.2) is 23.1 Å². The number of hydrogen-bond donors (Lipinski definition) is 3. The van der Waals surface area contributed by atoms with Gasteiger partial charge in [-0.2, -0.15) is 4.98 Å². The van der Waals surface area contributed by atoms with E-state index in [0.29, 0.717) is 42.1 Å². The number of primary amides is 1. The Kier molecular flexibility index (Phi) is 6.24. The molecule has 11 heteroatoms. The first-order chi connectivity index (χ1) is 16.8. The molecule has 2 aromatic heterocycles. The average Bonchev–Trinajstić information content (AvgIpc) is 3.45. The van der Waals surface area contributed by atoms with Crippen molar-refractivity contribution in [2.45, 2.75) is 70.4 Å². The highest BCUT2D eigenvalue weighted by Gasteiger charge is 2.39. The van der Waals surface area contributed by atoms with Crippen LogP contribution < -0.4 is 16.4 Å². The first-order valence-corrected chi connectivity index (χ1v) is 12.1. The van der Waals surface area contributed by atoms with Crippen molar-refractivity contribution in [1.82, 2.24) is 19.5 Å². The molecule has 0 saturated heterocycles. The fourth-order valence-electron chi connectivity index (χ4n) is 5.27. The SMILES string of the molecule is NC(=O)C1(Cn2c(Nc3c(F)cc(F)cc3F)nc3cnc(NC4CCCC4)nc32)CCCCC1. The largest absolute Gasteiger partial charge is 0.369 e. The van der Waals surface area contributed by atoms with Gasteiger partial charge in [0.15, 0.2) is 17.3 Å². The lowest BCUT2D eigenvalue weighted by atomic mass is 9.73. The molecule has 0 spiro atoms. The lowest BCUT2D eigenvalue weighted by Crippen LogP contribution is -2.42. The van der Waals surface area contributed by atoms with Gasteiger partial charge in [0.05, 0.1) is 11.6 Å². The first kappa shape index (κ1) is 23.4. The summed E-state index contributed by atoms with van der Waals surface area (Å²) >= 11 is 0. The van der Waals surface area contributed by atoms with Crippen LogP contribution in [0, 0.1) is 22.9 Å². The summed E-state index contributed by atoms with van der Waals surface area (Å²) in [5.41, 5.74) is 5.29. The molecule has 1 amide bonds. The van der Waals surface area contributed by atoms with E-state index >= 15 is 0 Å². The third kappa shape index (κ3) is 4.63. The van der Waals surface area contributed by atoms with Crippen molar-refractivity contribution >= 4 is 34.7 Å². The van der Waals surface area contributed by atoms with Crippen molar-refractivity contribution < 1.29 is 18.0 Å². The second kappa shape index (κ2) is 9.35. The van der Waals surface area contributed by atoms with E-state index in [9.17, 15) is 18.0 Å². The van der Waals surface area contributed by atoms with Gasteiger partial charge in [0.1, 0.15) is 17.0 Å². The number of amides is 1. The van der Waals surface area contributed by atoms with Gasteiger partial charge in [-0.3, -0.25) is 9.36 Å². The molecule has 2 fully saturated rings. The van der Waals surface area contributed by atoms with Crippen molar-refractivity contribution in [1.29, 1.82) is 0 Å². The summed E-state index contributed by atoms with van der Waals surface area (Å²) in [5, 5.41) is 6.00. The summed E-state index contributed by atoms with van der Waals surface area (Å²) in [7, 11) is 0. The molecular formula is C24H28F3N7O. The maximum Gasteiger partial charge on any atom is 0.225 e. The van der Waals surface area contributed by atoms with Gasteiger partial charge >= 0.3 is 0 Å². The molecule has 2 saturated carbocycles. The van der Waals surface area contributed by atoms with E-state index in [1.807, 2.05) is 0 Å². The maximum absolute atomic E-state index is 14.4. The van der Waals surface area contributed by atoms with Crippen LogP contribution in [0.4, 0.5) is 30.8 Å². The number of imidazole rings is 1. The van der Waals surface area contributed by atoms with Gasteiger partial charge in [0.2, 0.25) is 17.8 Å². The predicted molar refractivity (Wildman–Crippen MR) is 126 cm³/mol. The summed E-state index contributed by atoms with van der Waals surface area (Å²) < 4.78 is 44.0. The number of aromatic nitrogens is 4. The summed E-state index contributed by atoms with van der Waals surface area (Å²) in [6.45, 7) is 0.144. The standard InChI is InChI=1S/C24H28F3N7O/c25-14-10-16(26)19(17(27)11-14)32-23-31-18-12-29-22(30-15-6-2-3-7-15)33-20(18)34(23)13-24(21(28)35)8-4-1-5-9-24/h10-12,15H,1-9,13H2,(H2,28,35)(H,31,32)(H,29,30,33). The number of nitrogens with two attached hydrogens (primary N) is 1. The van der Waals surface area contributed by atoms with E-state index in [4.69, 9.17) is 5.73 Å². The van der Waals surface area contributed by atoms with Crippen molar-refractivity contribution in [3.8, 4) is 0 Å². The van der Waals surface area contributed by atoms with Crippen molar-refractivity contribution in [2.75, 3.05) is 10.6 Å². The Morgan fingerprint density at radius 3 is 2.40 bits per heavy atom. The molecule has 0 bridgehead atoms. The van der Waals surface area contributed by atoms with Crippen LogP contribution in [0.25, 0.3) is 11.2 Å². The second-order valence-electron chi connectivity index (χ2n) is 9.62. The monoisotopic (exact) mass is 487 g/mol. The Bertz CT molecular complexity index is 1230. The number of anilines is 3. The number of carbonyl (C=O) groups excluding carboxylic acids is 1. The fourth-order valence-corrected chi connectivity index (χ4v) is 5.27. The molecule has 2 heterocycles. The molecule has 2 aliphatic carbocycles. The number of carbonyl (C=O) groups is 1. The summed E-state index contributed by atoms with van der Waals surface area (Å²) in [6.07, 6.45) is 9.78. The first-order valence-electron chi connectivity index (χ1n) is 12.1. The van der Waals surface area contributed by atoms with Gasteiger partial charge < -0.3 is 16.4 Å². The highest BCUT2D eigenvalue weighted by molar-refractivity contribution is 5.82. The number of fused-ring (bicyclic) bond motifs is 1. The molecule has 0 radical (unpaired) electrons. The number of halogens is 3. The number of nitrogens with one attached hydrogen (secondary N) is 2. The van der Waals surface area contributed by atoms with Crippen LogP contribution in [0.15, 0.2) is 18.3 Å². The molecule has 2 aliphatic rings. The molecule has 0 aliphatic heterocycles. The lowest BCUT2D eigenvalue weighted by molar-refractivity contribution is -0.130. The molecular weight excluding hydrogens is 459 g/mol. The Hall–Kier alpha value is -3.37. The van der Waals surface area contributed by atoms with Crippen molar-refractivity contribution in [3.05, 3.63) is 35.8 Å². The molecule has 35 heavy (non-hydrogen) atoms. The molecule has 0 atom stereocenters. The normalized spacial score (nSPS) is 18.1. The van der Waals surface area contributed by atoms with Crippen LogP contribution >= 0.6 is 0 Å². The van der Waals surface area contributed by atoms with Gasteiger partial charge in [-0.05, 0) is 25.7 Å². The van der Waals surface area contributed by atoms with Crippen molar-refractivity contribution in [3.63, 3.8) is 0 Å². The minimum atomic E-state index is -1.10. The number of nitrogens with zero attached hydrogens (tertiary/aromatic N) is 4. The van der Waals surface area contributed by atoms with Crippen LogP contribution in [-0.2, 0) is 11.3 Å². The quantitative estimate of drug-likeness (QED) is 0.443. The van der Waals surface area contributed by atoms with E-state index in [1.54, 1.807) is 4.57 Å². The Balaban J connectivity index is 1.59. The van der Waals surface area contributed by atoms with Gasteiger partial charge in [0.25, 0.3) is 0 Å². The molecule has 0 unspecified atom stereocenters.